The average molecular weight is 398 g/mol. The molecule has 0 aliphatic heterocycles. The molecule has 9 heteroatoms. The second kappa shape index (κ2) is 8.20. The third-order valence-corrected chi connectivity index (χ3v) is 5.43. The lowest BCUT2D eigenvalue weighted by Crippen LogP contribution is -2.56. The number of hydrogen-bond acceptors (Lipinski definition) is 5. The molecule has 2 aromatic heterocycles. The van der Waals surface area contributed by atoms with E-state index in [1.165, 1.54) is 12.8 Å². The lowest BCUT2D eigenvalue weighted by atomic mass is 9.85. The summed E-state index contributed by atoms with van der Waals surface area (Å²) >= 11 is 0. The number of anilines is 1. The first-order valence-corrected chi connectivity index (χ1v) is 9.99. The van der Waals surface area contributed by atoms with Crippen LogP contribution >= 0.6 is 0 Å². The van der Waals surface area contributed by atoms with Crippen molar-refractivity contribution in [3.8, 4) is 5.82 Å². The molecule has 0 atom stereocenters. The normalized spacial score (nSPS) is 20.9. The maximum absolute atomic E-state index is 12.5. The lowest BCUT2D eigenvalue weighted by Gasteiger charge is -2.42. The summed E-state index contributed by atoms with van der Waals surface area (Å²) < 4.78 is 1.60. The zero-order chi connectivity index (χ0) is 20.4. The predicted octanol–water partition coefficient (Wildman–Crippen LogP) is 2.02. The highest BCUT2D eigenvalue weighted by Crippen LogP contribution is 2.33. The Balaban J connectivity index is 1.31. The third-order valence-electron chi connectivity index (χ3n) is 5.43. The Labute approximate surface area is 169 Å². The Morgan fingerprint density at radius 2 is 2.10 bits per heavy atom. The van der Waals surface area contributed by atoms with Crippen LogP contribution in [0.2, 0.25) is 0 Å². The summed E-state index contributed by atoms with van der Waals surface area (Å²) in [6, 6.07) is 7.27. The van der Waals surface area contributed by atoms with Gasteiger partial charge >= 0.3 is 12.0 Å². The lowest BCUT2D eigenvalue weighted by molar-refractivity contribution is -0.139. The molecule has 2 amide bonds. The van der Waals surface area contributed by atoms with Crippen LogP contribution in [0.15, 0.2) is 30.5 Å². The van der Waals surface area contributed by atoms with Crippen molar-refractivity contribution in [3.63, 3.8) is 0 Å². The number of carboxylic acids is 1. The average Bonchev–Trinajstić information content (AvgIpc) is 3.38. The van der Waals surface area contributed by atoms with Gasteiger partial charge in [0.2, 0.25) is 0 Å². The Hall–Kier alpha value is -2.94. The predicted molar refractivity (Wildman–Crippen MR) is 107 cm³/mol. The first-order chi connectivity index (χ1) is 14.0. The highest BCUT2D eigenvalue weighted by molar-refractivity contribution is 5.89. The molecule has 9 nitrogen and oxygen atoms in total. The van der Waals surface area contributed by atoms with Gasteiger partial charge in [-0.15, -0.1) is 0 Å². The van der Waals surface area contributed by atoms with Crippen LogP contribution in [-0.4, -0.2) is 61.9 Å². The molecule has 0 saturated heterocycles. The third kappa shape index (κ3) is 4.92. The maximum atomic E-state index is 12.5. The van der Waals surface area contributed by atoms with Gasteiger partial charge in [-0.25, -0.2) is 9.78 Å². The number of carbonyl (C=O) groups is 2. The smallest absolute Gasteiger partial charge is 0.320 e. The molecular formula is C20H26N6O3. The van der Waals surface area contributed by atoms with E-state index in [-0.39, 0.29) is 24.7 Å². The molecule has 2 aromatic rings. The van der Waals surface area contributed by atoms with Crippen molar-refractivity contribution < 1.29 is 14.7 Å². The van der Waals surface area contributed by atoms with Crippen LogP contribution in [0, 0.1) is 12.8 Å². The van der Waals surface area contributed by atoms with Crippen molar-refractivity contribution in [1.29, 1.82) is 0 Å². The molecule has 3 N–H and O–H groups in total. The number of carbonyl (C=O) groups excluding carboxylic acids is 1. The highest BCUT2D eigenvalue weighted by atomic mass is 16.4. The Bertz CT molecular complexity index is 874. The summed E-state index contributed by atoms with van der Waals surface area (Å²) in [6.07, 6.45) is 5.60. The summed E-state index contributed by atoms with van der Waals surface area (Å²) in [5.41, 5.74) is 0.777. The molecule has 0 aromatic carbocycles. The van der Waals surface area contributed by atoms with Crippen molar-refractivity contribution in [2.24, 2.45) is 5.92 Å². The van der Waals surface area contributed by atoms with E-state index in [0.29, 0.717) is 17.6 Å². The number of aliphatic carboxylic acids is 1. The maximum Gasteiger partial charge on any atom is 0.320 e. The van der Waals surface area contributed by atoms with Crippen LogP contribution in [0.1, 0.15) is 31.4 Å². The van der Waals surface area contributed by atoms with E-state index in [0.717, 1.165) is 25.1 Å². The fourth-order valence-electron chi connectivity index (χ4n) is 3.73. The van der Waals surface area contributed by atoms with Gasteiger partial charge in [-0.05, 0) is 50.7 Å². The monoisotopic (exact) mass is 398 g/mol. The van der Waals surface area contributed by atoms with Crippen LogP contribution in [0.3, 0.4) is 0 Å². The Morgan fingerprint density at radius 1 is 1.31 bits per heavy atom. The fraction of sp³-hybridized carbons (Fsp3) is 0.500. The molecule has 2 saturated carbocycles. The first-order valence-electron chi connectivity index (χ1n) is 9.99. The molecule has 2 fully saturated rings. The van der Waals surface area contributed by atoms with Crippen molar-refractivity contribution in [3.05, 3.63) is 36.2 Å². The van der Waals surface area contributed by atoms with E-state index >= 15 is 0 Å². The SMILES string of the molecule is Cc1cc(NC(=O)NC2CC(N(CC(=O)O)CC3CC3)C2)n(-c2ccccn2)n1. The molecule has 2 aliphatic rings. The number of amides is 2. The Kier molecular flexibility index (Phi) is 5.48. The summed E-state index contributed by atoms with van der Waals surface area (Å²) in [5.74, 6) is 1.03. The fourth-order valence-corrected chi connectivity index (χ4v) is 3.73. The minimum atomic E-state index is -0.794. The summed E-state index contributed by atoms with van der Waals surface area (Å²) in [4.78, 5) is 29.9. The molecule has 0 spiro atoms. The van der Waals surface area contributed by atoms with Crippen LogP contribution in [0.25, 0.3) is 5.82 Å². The molecule has 0 radical (unpaired) electrons. The molecule has 2 heterocycles. The number of aromatic nitrogens is 3. The number of pyridine rings is 1. The van der Waals surface area contributed by atoms with Crippen molar-refractivity contribution in [2.75, 3.05) is 18.4 Å². The standard InChI is InChI=1S/C20H26N6O3/c1-13-8-18(26(24-13)17-4-2-3-7-21-17)23-20(29)22-15-9-16(10-15)25(12-19(27)28)11-14-5-6-14/h2-4,7-8,14-16H,5-6,9-12H2,1H3,(H,27,28)(H2,22,23,29). The van der Waals surface area contributed by atoms with Gasteiger partial charge in [0.1, 0.15) is 5.82 Å². The van der Waals surface area contributed by atoms with E-state index in [4.69, 9.17) is 5.11 Å². The minimum Gasteiger partial charge on any atom is -0.480 e. The number of nitrogens with zero attached hydrogens (tertiary/aromatic N) is 4. The molecule has 0 unspecified atom stereocenters. The zero-order valence-corrected chi connectivity index (χ0v) is 16.4. The summed E-state index contributed by atoms with van der Waals surface area (Å²) in [5, 5.41) is 19.4. The van der Waals surface area contributed by atoms with E-state index in [1.807, 2.05) is 25.1 Å². The van der Waals surface area contributed by atoms with Crippen molar-refractivity contribution in [1.82, 2.24) is 25.0 Å². The number of nitrogens with one attached hydrogen (secondary N) is 2. The van der Waals surface area contributed by atoms with Gasteiger partial charge in [-0.3, -0.25) is 15.0 Å². The van der Waals surface area contributed by atoms with E-state index in [9.17, 15) is 9.59 Å². The zero-order valence-electron chi connectivity index (χ0n) is 16.4. The van der Waals surface area contributed by atoms with Crippen LogP contribution < -0.4 is 10.6 Å². The van der Waals surface area contributed by atoms with Crippen molar-refractivity contribution in [2.45, 2.75) is 44.7 Å². The molecule has 154 valence electrons. The second-order valence-electron chi connectivity index (χ2n) is 7.96. The molecule has 2 aliphatic carbocycles. The van der Waals surface area contributed by atoms with Crippen molar-refractivity contribution >= 4 is 17.8 Å². The van der Waals surface area contributed by atoms with Gasteiger partial charge in [0, 0.05) is 30.9 Å². The summed E-state index contributed by atoms with van der Waals surface area (Å²) in [7, 11) is 0. The molecule has 29 heavy (non-hydrogen) atoms. The van der Waals surface area contributed by atoms with Crippen LogP contribution in [0.4, 0.5) is 10.6 Å². The van der Waals surface area contributed by atoms with Gasteiger partial charge in [0.25, 0.3) is 0 Å². The minimum absolute atomic E-state index is 0.0443. The van der Waals surface area contributed by atoms with E-state index in [1.54, 1.807) is 16.9 Å². The molecule has 4 rings (SSSR count). The van der Waals surface area contributed by atoms with Crippen LogP contribution in [-0.2, 0) is 4.79 Å². The van der Waals surface area contributed by atoms with Crippen LogP contribution in [0.5, 0.6) is 0 Å². The number of aryl methyl sites for hydroxylation is 1. The number of rotatable bonds is 8. The molecule has 0 bridgehead atoms. The number of carboxylic acid groups (broad SMARTS) is 1. The largest absolute Gasteiger partial charge is 0.480 e. The number of urea groups is 1. The van der Waals surface area contributed by atoms with E-state index in [2.05, 4.69) is 25.6 Å². The van der Waals surface area contributed by atoms with Gasteiger partial charge < -0.3 is 10.4 Å². The summed E-state index contributed by atoms with van der Waals surface area (Å²) in [6.45, 7) is 2.77. The van der Waals surface area contributed by atoms with Gasteiger partial charge in [0.05, 0.1) is 12.2 Å². The molecular weight excluding hydrogens is 372 g/mol. The first kappa shape index (κ1) is 19.4. The topological polar surface area (TPSA) is 112 Å². The van der Waals surface area contributed by atoms with Gasteiger partial charge in [0.15, 0.2) is 5.82 Å². The van der Waals surface area contributed by atoms with E-state index < -0.39 is 5.97 Å². The highest BCUT2D eigenvalue weighted by Gasteiger charge is 2.37. The quantitative estimate of drug-likeness (QED) is 0.627. The number of hydrogen-bond donors (Lipinski definition) is 3. The Morgan fingerprint density at radius 3 is 2.76 bits per heavy atom. The van der Waals surface area contributed by atoms with Gasteiger partial charge in [-0.1, -0.05) is 6.07 Å². The van der Waals surface area contributed by atoms with Gasteiger partial charge in [-0.2, -0.15) is 9.78 Å². The second-order valence-corrected chi connectivity index (χ2v) is 7.96.